The fourth-order valence-corrected chi connectivity index (χ4v) is 2.16. The first-order valence-corrected chi connectivity index (χ1v) is 7.63. The SMILES string of the molecule is Cc1ccncc1NC(=O)[C@@H](C)Oc1ccn(-c2ccccc2)n1. The van der Waals surface area contributed by atoms with Crippen LogP contribution in [0, 0.1) is 6.92 Å². The average molecular weight is 322 g/mol. The number of amides is 1. The molecule has 0 spiro atoms. The molecule has 0 aliphatic carbocycles. The molecule has 0 aliphatic heterocycles. The highest BCUT2D eigenvalue weighted by molar-refractivity contribution is 5.94. The van der Waals surface area contributed by atoms with E-state index in [0.717, 1.165) is 11.3 Å². The zero-order chi connectivity index (χ0) is 16.9. The molecule has 1 atom stereocenters. The Balaban J connectivity index is 1.65. The molecule has 24 heavy (non-hydrogen) atoms. The molecular formula is C18H18N4O2. The van der Waals surface area contributed by atoms with E-state index in [4.69, 9.17) is 4.74 Å². The maximum Gasteiger partial charge on any atom is 0.265 e. The Hall–Kier alpha value is -3.15. The second-order valence-corrected chi connectivity index (χ2v) is 5.37. The monoisotopic (exact) mass is 322 g/mol. The number of aryl methyl sites for hydroxylation is 1. The van der Waals surface area contributed by atoms with Crippen molar-refractivity contribution in [3.05, 3.63) is 66.6 Å². The summed E-state index contributed by atoms with van der Waals surface area (Å²) in [5.74, 6) is 0.143. The Morgan fingerprint density at radius 1 is 1.21 bits per heavy atom. The zero-order valence-corrected chi connectivity index (χ0v) is 13.5. The number of carbonyl (C=O) groups is 1. The van der Waals surface area contributed by atoms with Crippen LogP contribution in [0.5, 0.6) is 5.88 Å². The fourth-order valence-electron chi connectivity index (χ4n) is 2.16. The molecule has 2 aromatic heterocycles. The van der Waals surface area contributed by atoms with Crippen molar-refractivity contribution in [2.24, 2.45) is 0 Å². The van der Waals surface area contributed by atoms with Crippen LogP contribution in [0.3, 0.4) is 0 Å². The molecule has 0 aliphatic rings. The van der Waals surface area contributed by atoms with E-state index >= 15 is 0 Å². The quantitative estimate of drug-likeness (QED) is 0.784. The number of hydrogen-bond acceptors (Lipinski definition) is 4. The van der Waals surface area contributed by atoms with Crippen molar-refractivity contribution in [1.29, 1.82) is 0 Å². The number of nitrogens with zero attached hydrogens (tertiary/aromatic N) is 3. The van der Waals surface area contributed by atoms with Gasteiger partial charge in [-0.1, -0.05) is 18.2 Å². The van der Waals surface area contributed by atoms with Crippen LogP contribution in [0.1, 0.15) is 12.5 Å². The number of carbonyl (C=O) groups excluding carboxylic acids is 1. The number of para-hydroxylation sites is 1. The third kappa shape index (κ3) is 3.60. The van der Waals surface area contributed by atoms with Gasteiger partial charge in [0.05, 0.1) is 17.6 Å². The fraction of sp³-hybridized carbons (Fsp3) is 0.167. The van der Waals surface area contributed by atoms with Gasteiger partial charge in [0.1, 0.15) is 0 Å². The maximum atomic E-state index is 12.2. The summed E-state index contributed by atoms with van der Waals surface area (Å²) in [5, 5.41) is 7.14. The van der Waals surface area contributed by atoms with E-state index in [1.165, 1.54) is 0 Å². The summed E-state index contributed by atoms with van der Waals surface area (Å²) in [6, 6.07) is 13.3. The number of benzene rings is 1. The Morgan fingerprint density at radius 3 is 2.75 bits per heavy atom. The molecule has 3 aromatic rings. The van der Waals surface area contributed by atoms with Crippen molar-refractivity contribution in [3.8, 4) is 11.6 Å². The minimum absolute atomic E-state index is 0.250. The Bertz CT molecular complexity index is 830. The Kier molecular flexibility index (Phi) is 4.56. The lowest BCUT2D eigenvalue weighted by Crippen LogP contribution is -2.30. The zero-order valence-electron chi connectivity index (χ0n) is 13.5. The van der Waals surface area contributed by atoms with Crippen LogP contribution in [-0.4, -0.2) is 26.8 Å². The smallest absolute Gasteiger partial charge is 0.265 e. The molecule has 0 unspecified atom stereocenters. The highest BCUT2D eigenvalue weighted by Gasteiger charge is 2.17. The van der Waals surface area contributed by atoms with Gasteiger partial charge in [-0.3, -0.25) is 9.78 Å². The first kappa shape index (κ1) is 15.7. The average Bonchev–Trinajstić information content (AvgIpc) is 3.06. The van der Waals surface area contributed by atoms with E-state index in [0.29, 0.717) is 11.6 Å². The third-order valence-corrected chi connectivity index (χ3v) is 3.55. The lowest BCUT2D eigenvalue weighted by Gasteiger charge is -2.13. The van der Waals surface area contributed by atoms with Gasteiger partial charge in [-0.25, -0.2) is 4.68 Å². The largest absolute Gasteiger partial charge is 0.463 e. The van der Waals surface area contributed by atoms with E-state index in [-0.39, 0.29) is 5.91 Å². The van der Waals surface area contributed by atoms with E-state index in [9.17, 15) is 4.79 Å². The number of rotatable bonds is 5. The predicted molar refractivity (Wildman–Crippen MR) is 91.3 cm³/mol. The topological polar surface area (TPSA) is 69.0 Å². The normalized spacial score (nSPS) is 11.8. The number of hydrogen-bond donors (Lipinski definition) is 1. The Morgan fingerprint density at radius 2 is 2.00 bits per heavy atom. The summed E-state index contributed by atoms with van der Waals surface area (Å²) >= 11 is 0. The number of ether oxygens (including phenoxy) is 1. The van der Waals surface area contributed by atoms with E-state index in [2.05, 4.69) is 15.4 Å². The van der Waals surface area contributed by atoms with Crippen LogP contribution in [0.2, 0.25) is 0 Å². The van der Waals surface area contributed by atoms with Gasteiger partial charge in [0.15, 0.2) is 6.10 Å². The standard InChI is InChI=1S/C18H18N4O2/c1-13-8-10-19-12-16(13)20-18(23)14(2)24-17-9-11-22(21-17)15-6-4-3-5-7-15/h3-12,14H,1-2H3,(H,20,23)/t14-/m1/s1. The third-order valence-electron chi connectivity index (χ3n) is 3.55. The van der Waals surface area contributed by atoms with Crippen LogP contribution in [0.25, 0.3) is 5.69 Å². The highest BCUT2D eigenvalue weighted by Crippen LogP contribution is 2.15. The minimum Gasteiger partial charge on any atom is -0.463 e. The number of nitrogens with one attached hydrogen (secondary N) is 1. The van der Waals surface area contributed by atoms with Crippen molar-refractivity contribution in [2.75, 3.05) is 5.32 Å². The number of pyridine rings is 1. The second-order valence-electron chi connectivity index (χ2n) is 5.37. The molecule has 0 saturated heterocycles. The predicted octanol–water partition coefficient (Wildman–Crippen LogP) is 2.98. The first-order valence-electron chi connectivity index (χ1n) is 7.63. The minimum atomic E-state index is -0.677. The van der Waals surface area contributed by atoms with Gasteiger partial charge in [0.25, 0.3) is 5.91 Å². The summed E-state index contributed by atoms with van der Waals surface area (Å²) in [6.45, 7) is 3.59. The van der Waals surface area contributed by atoms with E-state index in [1.807, 2.05) is 43.3 Å². The molecule has 6 heteroatoms. The number of aromatic nitrogens is 3. The van der Waals surface area contributed by atoms with Crippen molar-refractivity contribution >= 4 is 11.6 Å². The van der Waals surface area contributed by atoms with E-state index < -0.39 is 6.10 Å². The summed E-state index contributed by atoms with van der Waals surface area (Å²) in [7, 11) is 0. The van der Waals surface area contributed by atoms with Crippen LogP contribution < -0.4 is 10.1 Å². The van der Waals surface area contributed by atoms with Crippen molar-refractivity contribution in [3.63, 3.8) is 0 Å². The summed E-state index contributed by atoms with van der Waals surface area (Å²) < 4.78 is 7.33. The molecule has 0 radical (unpaired) electrons. The van der Waals surface area contributed by atoms with Crippen molar-refractivity contribution < 1.29 is 9.53 Å². The summed E-state index contributed by atoms with van der Waals surface area (Å²) in [6.07, 6.45) is 4.41. The molecule has 0 fully saturated rings. The van der Waals surface area contributed by atoms with Crippen LogP contribution in [-0.2, 0) is 4.79 Å². The van der Waals surface area contributed by atoms with Crippen LogP contribution in [0.4, 0.5) is 5.69 Å². The van der Waals surface area contributed by atoms with Crippen LogP contribution in [0.15, 0.2) is 61.1 Å². The molecule has 2 heterocycles. The molecule has 1 amide bonds. The highest BCUT2D eigenvalue weighted by atomic mass is 16.5. The summed E-state index contributed by atoms with van der Waals surface area (Å²) in [4.78, 5) is 16.3. The van der Waals surface area contributed by atoms with Crippen molar-refractivity contribution in [1.82, 2.24) is 14.8 Å². The van der Waals surface area contributed by atoms with Gasteiger partial charge < -0.3 is 10.1 Å². The lowest BCUT2D eigenvalue weighted by atomic mass is 10.2. The molecule has 1 aromatic carbocycles. The molecule has 0 bridgehead atoms. The van der Waals surface area contributed by atoms with Crippen molar-refractivity contribution in [2.45, 2.75) is 20.0 Å². The first-order chi connectivity index (χ1) is 11.6. The van der Waals surface area contributed by atoms with Gasteiger partial charge in [-0.15, -0.1) is 5.10 Å². The van der Waals surface area contributed by atoms with Gasteiger partial charge in [-0.05, 0) is 37.6 Å². The molecule has 1 N–H and O–H groups in total. The van der Waals surface area contributed by atoms with Gasteiger partial charge >= 0.3 is 0 Å². The number of anilines is 1. The van der Waals surface area contributed by atoms with Gasteiger partial charge in [-0.2, -0.15) is 0 Å². The molecule has 3 rings (SSSR count). The van der Waals surface area contributed by atoms with E-state index in [1.54, 1.807) is 36.3 Å². The van der Waals surface area contributed by atoms with Gasteiger partial charge in [0, 0.05) is 18.5 Å². The Labute approximate surface area is 140 Å². The molecule has 6 nitrogen and oxygen atoms in total. The molecular weight excluding hydrogens is 304 g/mol. The lowest BCUT2D eigenvalue weighted by molar-refractivity contribution is -0.122. The maximum absolute atomic E-state index is 12.2. The second kappa shape index (κ2) is 6.95. The molecule has 0 saturated carbocycles. The van der Waals surface area contributed by atoms with Crippen LogP contribution >= 0.6 is 0 Å². The summed E-state index contributed by atoms with van der Waals surface area (Å²) in [5.41, 5.74) is 2.54. The molecule has 122 valence electrons. The van der Waals surface area contributed by atoms with Gasteiger partial charge in [0.2, 0.25) is 5.88 Å².